The summed E-state index contributed by atoms with van der Waals surface area (Å²) < 4.78 is 6.16. The Balaban J connectivity index is 2.15. The van der Waals surface area contributed by atoms with Gasteiger partial charge in [-0.2, -0.15) is 4.98 Å². The van der Waals surface area contributed by atoms with Crippen LogP contribution in [0, 0.1) is 0 Å². The summed E-state index contributed by atoms with van der Waals surface area (Å²) in [7, 11) is 0. The number of carbonyl (C=O) groups excluding carboxylic acids is 1. The molecule has 0 amide bonds. The molecule has 0 bridgehead atoms. The zero-order chi connectivity index (χ0) is 19.1. The van der Waals surface area contributed by atoms with Gasteiger partial charge in [-0.25, -0.2) is 4.79 Å². The summed E-state index contributed by atoms with van der Waals surface area (Å²) in [4.78, 5) is 28.6. The molecular formula is C16H16ClN3O6. The van der Waals surface area contributed by atoms with E-state index < -0.39 is 42.1 Å². The Morgan fingerprint density at radius 3 is 2.65 bits per heavy atom. The van der Waals surface area contributed by atoms with E-state index in [0.717, 1.165) is 10.8 Å². The molecule has 1 fully saturated rings. The molecule has 1 aromatic carbocycles. The van der Waals surface area contributed by atoms with Crippen LogP contribution in [0.25, 0.3) is 0 Å². The first kappa shape index (κ1) is 18.5. The molecule has 0 radical (unpaired) electrons. The number of aliphatic hydroxyl groups excluding tert-OH is 2. The molecule has 3 rings (SSSR count). The van der Waals surface area contributed by atoms with E-state index >= 15 is 0 Å². The van der Waals surface area contributed by atoms with Gasteiger partial charge in [0.25, 0.3) is 0 Å². The molecule has 10 heteroatoms. The number of nitrogens with two attached hydrogens (primary N) is 1. The third-order valence-electron chi connectivity index (χ3n) is 4.25. The first-order valence-electron chi connectivity index (χ1n) is 7.61. The van der Waals surface area contributed by atoms with E-state index in [1.54, 1.807) is 18.2 Å². The molecule has 9 nitrogen and oxygen atoms in total. The Labute approximate surface area is 152 Å². The molecule has 2 aromatic rings. The monoisotopic (exact) mass is 381 g/mol. The number of anilines is 1. The number of hydrogen-bond acceptors (Lipinski definition) is 8. The van der Waals surface area contributed by atoms with E-state index in [4.69, 9.17) is 22.1 Å². The fourth-order valence-corrected chi connectivity index (χ4v) is 3.03. The first-order valence-corrected chi connectivity index (χ1v) is 7.99. The third-order valence-corrected chi connectivity index (χ3v) is 4.54. The summed E-state index contributed by atoms with van der Waals surface area (Å²) in [6.07, 6.45) is -3.72. The van der Waals surface area contributed by atoms with E-state index in [9.17, 15) is 24.9 Å². The van der Waals surface area contributed by atoms with Crippen molar-refractivity contribution >= 4 is 23.2 Å². The van der Waals surface area contributed by atoms with Gasteiger partial charge in [-0.3, -0.25) is 9.36 Å². The van der Waals surface area contributed by atoms with Gasteiger partial charge < -0.3 is 25.8 Å². The Hall–Kier alpha value is -2.30. The number of nitrogen functional groups attached to an aromatic ring is 1. The Morgan fingerprint density at radius 2 is 2.04 bits per heavy atom. The fourth-order valence-electron chi connectivity index (χ4n) is 2.89. The maximum atomic E-state index is 12.9. The van der Waals surface area contributed by atoms with Crippen molar-refractivity contribution in [1.29, 1.82) is 0 Å². The second kappa shape index (κ2) is 6.78. The molecule has 1 aromatic heterocycles. The molecule has 1 aliphatic heterocycles. The molecule has 4 atom stereocenters. The highest BCUT2D eigenvalue weighted by atomic mass is 35.5. The van der Waals surface area contributed by atoms with Crippen LogP contribution in [0.2, 0.25) is 5.02 Å². The van der Waals surface area contributed by atoms with E-state index in [1.807, 2.05) is 0 Å². The topological polar surface area (TPSA) is 148 Å². The molecule has 0 saturated carbocycles. The number of benzene rings is 1. The number of hydrogen-bond donors (Lipinski definition) is 4. The summed E-state index contributed by atoms with van der Waals surface area (Å²) in [5.41, 5.74) is 2.06. The Morgan fingerprint density at radius 1 is 1.38 bits per heavy atom. The van der Waals surface area contributed by atoms with Crippen molar-refractivity contribution < 1.29 is 24.9 Å². The standard InChI is InChI=1S/C16H16ClN3O6/c17-9-6-20(15(24)19-13(9)18)14-16(25,12(23)10(7-21)26-14)11(22)8-4-2-1-3-5-8/h1-6,10,12,14,21,23,25H,7H2,(H2,18,19,24)/t10-,12-,14-,16+/m1/s1. The number of Topliss-reactive ketones (excluding diaryl/α,β-unsaturated/α-hetero) is 1. The summed E-state index contributed by atoms with van der Waals surface area (Å²) in [5, 5.41) is 30.8. The first-order chi connectivity index (χ1) is 12.3. The van der Waals surface area contributed by atoms with Crippen LogP contribution < -0.4 is 11.4 Å². The van der Waals surface area contributed by atoms with Crippen molar-refractivity contribution in [3.63, 3.8) is 0 Å². The number of nitrogens with zero attached hydrogens (tertiary/aromatic N) is 2. The Bertz CT molecular complexity index is 889. The van der Waals surface area contributed by atoms with Crippen molar-refractivity contribution in [2.45, 2.75) is 24.0 Å². The maximum absolute atomic E-state index is 12.9. The minimum atomic E-state index is -2.56. The SMILES string of the molecule is Nc1nc(=O)n([C@@H]2O[C@H](CO)[C@@H](O)[C@@]2(O)C(=O)c2ccccc2)cc1Cl. The van der Waals surface area contributed by atoms with Crippen molar-refractivity contribution in [1.82, 2.24) is 9.55 Å². The lowest BCUT2D eigenvalue weighted by Crippen LogP contribution is -2.54. The third kappa shape index (κ3) is 2.79. The minimum absolute atomic E-state index is 0.0868. The Kier molecular flexibility index (Phi) is 4.82. The normalized spacial score (nSPS) is 28.2. The molecule has 2 heterocycles. The lowest BCUT2D eigenvalue weighted by molar-refractivity contribution is -0.0858. The molecule has 138 valence electrons. The van der Waals surface area contributed by atoms with Gasteiger partial charge in [0.15, 0.2) is 6.23 Å². The smallest absolute Gasteiger partial charge is 0.351 e. The number of halogens is 1. The van der Waals surface area contributed by atoms with Gasteiger partial charge in [0.2, 0.25) is 11.4 Å². The van der Waals surface area contributed by atoms with Crippen LogP contribution in [0.5, 0.6) is 0 Å². The lowest BCUT2D eigenvalue weighted by Gasteiger charge is -2.30. The predicted molar refractivity (Wildman–Crippen MR) is 90.6 cm³/mol. The van der Waals surface area contributed by atoms with Gasteiger partial charge >= 0.3 is 5.69 Å². The van der Waals surface area contributed by atoms with Crippen molar-refractivity contribution in [2.75, 3.05) is 12.3 Å². The number of rotatable bonds is 4. The van der Waals surface area contributed by atoms with Crippen molar-refractivity contribution in [3.05, 3.63) is 57.6 Å². The maximum Gasteiger partial charge on any atom is 0.351 e. The van der Waals surface area contributed by atoms with Crippen LogP contribution in [0.3, 0.4) is 0 Å². The number of aromatic nitrogens is 2. The summed E-state index contributed by atoms with van der Waals surface area (Å²) >= 11 is 5.88. The molecule has 0 aliphatic carbocycles. The van der Waals surface area contributed by atoms with Gasteiger partial charge in [0.1, 0.15) is 18.0 Å². The highest BCUT2D eigenvalue weighted by molar-refractivity contribution is 6.32. The highest BCUT2D eigenvalue weighted by Crippen LogP contribution is 2.40. The molecule has 5 N–H and O–H groups in total. The van der Waals surface area contributed by atoms with Crippen LogP contribution in [0.1, 0.15) is 16.6 Å². The average Bonchev–Trinajstić information content (AvgIpc) is 2.90. The summed E-state index contributed by atoms with van der Waals surface area (Å²) in [5.74, 6) is -1.12. The highest BCUT2D eigenvalue weighted by Gasteiger charge is 2.61. The van der Waals surface area contributed by atoms with Crippen molar-refractivity contribution in [2.24, 2.45) is 0 Å². The van der Waals surface area contributed by atoms with Crippen LogP contribution in [-0.4, -0.2) is 55.1 Å². The largest absolute Gasteiger partial charge is 0.394 e. The zero-order valence-electron chi connectivity index (χ0n) is 13.3. The molecule has 0 spiro atoms. The summed E-state index contributed by atoms with van der Waals surface area (Å²) in [6, 6.07) is 7.70. The van der Waals surface area contributed by atoms with Gasteiger partial charge in [0.05, 0.1) is 11.6 Å². The minimum Gasteiger partial charge on any atom is -0.394 e. The quantitative estimate of drug-likeness (QED) is 0.510. The number of aliphatic hydroxyl groups is 3. The van der Waals surface area contributed by atoms with E-state index in [1.165, 1.54) is 12.1 Å². The van der Waals surface area contributed by atoms with Gasteiger partial charge in [-0.1, -0.05) is 41.9 Å². The van der Waals surface area contributed by atoms with E-state index in [-0.39, 0.29) is 16.4 Å². The number of ketones is 1. The molecular weight excluding hydrogens is 366 g/mol. The van der Waals surface area contributed by atoms with Gasteiger partial charge in [-0.15, -0.1) is 0 Å². The van der Waals surface area contributed by atoms with Gasteiger partial charge in [0, 0.05) is 11.8 Å². The molecule has 1 saturated heterocycles. The molecule has 26 heavy (non-hydrogen) atoms. The van der Waals surface area contributed by atoms with Crippen LogP contribution >= 0.6 is 11.6 Å². The molecule has 0 unspecified atom stereocenters. The van der Waals surface area contributed by atoms with E-state index in [0.29, 0.717) is 0 Å². The van der Waals surface area contributed by atoms with Crippen molar-refractivity contribution in [3.8, 4) is 0 Å². The zero-order valence-corrected chi connectivity index (χ0v) is 14.1. The second-order valence-corrected chi connectivity index (χ2v) is 6.25. The second-order valence-electron chi connectivity index (χ2n) is 5.84. The van der Waals surface area contributed by atoms with Crippen LogP contribution in [-0.2, 0) is 4.74 Å². The number of carbonyl (C=O) groups is 1. The predicted octanol–water partition coefficient (Wildman–Crippen LogP) is -0.656. The van der Waals surface area contributed by atoms with Crippen LogP contribution in [0.4, 0.5) is 5.82 Å². The van der Waals surface area contributed by atoms with E-state index in [2.05, 4.69) is 4.98 Å². The fraction of sp³-hybridized carbons (Fsp3) is 0.312. The van der Waals surface area contributed by atoms with Gasteiger partial charge in [-0.05, 0) is 0 Å². The number of ether oxygens (including phenoxy) is 1. The summed E-state index contributed by atoms with van der Waals surface area (Å²) in [6.45, 7) is -0.688. The lowest BCUT2D eigenvalue weighted by atomic mass is 9.85. The average molecular weight is 382 g/mol. The molecule has 1 aliphatic rings. The van der Waals surface area contributed by atoms with Crippen LogP contribution in [0.15, 0.2) is 41.3 Å².